The van der Waals surface area contributed by atoms with Crippen LogP contribution in [0.1, 0.15) is 48.5 Å². The van der Waals surface area contributed by atoms with E-state index in [4.69, 9.17) is 25.0 Å². The monoisotopic (exact) mass is 479 g/mol. The smallest absolute Gasteiger partial charge is 0.305 e. The van der Waals surface area contributed by atoms with Gasteiger partial charge in [-0.1, -0.05) is 6.07 Å². The first-order valence-corrected chi connectivity index (χ1v) is 11.1. The fraction of sp³-hybridized carbons (Fsp3) is 0.240. The Morgan fingerprint density at radius 2 is 1.80 bits per heavy atom. The van der Waals surface area contributed by atoms with Crippen molar-refractivity contribution >= 4 is 23.3 Å². The predicted molar refractivity (Wildman–Crippen MR) is 132 cm³/mol. The SMILES string of the molecule is CCOc1cc(C(Nc2ccc(C(=N)N)cc2)C(=O)NNC(=O)c2ccco2)ccc1OC(C)C. The first-order chi connectivity index (χ1) is 16.8. The number of nitrogen functional groups attached to an aromatic ring is 1. The molecule has 0 bridgehead atoms. The van der Waals surface area contributed by atoms with Crippen LogP contribution in [0.4, 0.5) is 5.69 Å². The second-order valence-corrected chi connectivity index (χ2v) is 7.79. The van der Waals surface area contributed by atoms with Crippen molar-refractivity contribution in [2.45, 2.75) is 32.9 Å². The van der Waals surface area contributed by atoms with Gasteiger partial charge < -0.3 is 24.9 Å². The number of carbonyl (C=O) groups is 2. The van der Waals surface area contributed by atoms with Gasteiger partial charge in [-0.15, -0.1) is 0 Å². The molecule has 0 fully saturated rings. The molecule has 10 heteroatoms. The second kappa shape index (κ2) is 11.6. The minimum Gasteiger partial charge on any atom is -0.490 e. The number of amides is 2. The van der Waals surface area contributed by atoms with Gasteiger partial charge >= 0.3 is 5.91 Å². The molecule has 0 aliphatic carbocycles. The van der Waals surface area contributed by atoms with Crippen LogP contribution in [0, 0.1) is 5.41 Å². The summed E-state index contributed by atoms with van der Waals surface area (Å²) < 4.78 is 16.6. The van der Waals surface area contributed by atoms with E-state index in [9.17, 15) is 9.59 Å². The lowest BCUT2D eigenvalue weighted by molar-refractivity contribution is -0.122. The fourth-order valence-electron chi connectivity index (χ4n) is 3.20. The van der Waals surface area contributed by atoms with E-state index in [0.29, 0.717) is 34.9 Å². The third-order valence-corrected chi connectivity index (χ3v) is 4.78. The lowest BCUT2D eigenvalue weighted by atomic mass is 10.0. The number of hydrazine groups is 1. The molecule has 3 aromatic rings. The maximum Gasteiger partial charge on any atom is 0.305 e. The maximum atomic E-state index is 13.2. The van der Waals surface area contributed by atoms with Crippen LogP contribution < -0.4 is 31.4 Å². The van der Waals surface area contributed by atoms with Gasteiger partial charge in [0.15, 0.2) is 17.3 Å². The number of rotatable bonds is 10. The summed E-state index contributed by atoms with van der Waals surface area (Å²) in [5.41, 5.74) is 12.0. The van der Waals surface area contributed by atoms with E-state index < -0.39 is 17.9 Å². The zero-order valence-corrected chi connectivity index (χ0v) is 19.8. The van der Waals surface area contributed by atoms with Gasteiger partial charge in [0, 0.05) is 11.3 Å². The fourth-order valence-corrected chi connectivity index (χ4v) is 3.20. The van der Waals surface area contributed by atoms with Crippen molar-refractivity contribution < 1.29 is 23.5 Å². The summed E-state index contributed by atoms with van der Waals surface area (Å²) in [6.07, 6.45) is 1.30. The van der Waals surface area contributed by atoms with Gasteiger partial charge in [0.25, 0.3) is 5.91 Å². The number of furan rings is 1. The molecule has 1 aromatic heterocycles. The molecule has 6 N–H and O–H groups in total. The van der Waals surface area contributed by atoms with Gasteiger partial charge in [-0.25, -0.2) is 0 Å². The highest BCUT2D eigenvalue weighted by atomic mass is 16.5. The zero-order valence-electron chi connectivity index (χ0n) is 19.8. The van der Waals surface area contributed by atoms with Crippen molar-refractivity contribution in [2.75, 3.05) is 11.9 Å². The first-order valence-electron chi connectivity index (χ1n) is 11.1. The van der Waals surface area contributed by atoms with E-state index in [0.717, 1.165) is 0 Å². The molecular weight excluding hydrogens is 450 g/mol. The minimum absolute atomic E-state index is 0.0587. The Kier molecular flexibility index (Phi) is 8.33. The van der Waals surface area contributed by atoms with Crippen LogP contribution in [0.2, 0.25) is 0 Å². The van der Waals surface area contributed by atoms with Crippen LogP contribution >= 0.6 is 0 Å². The molecule has 184 valence electrons. The number of ether oxygens (including phenoxy) is 2. The molecule has 1 atom stereocenters. The van der Waals surface area contributed by atoms with Crippen LogP contribution in [0.3, 0.4) is 0 Å². The Bertz CT molecular complexity index is 1160. The normalized spacial score (nSPS) is 11.4. The molecule has 0 aliphatic heterocycles. The average Bonchev–Trinajstić information content (AvgIpc) is 3.37. The van der Waals surface area contributed by atoms with E-state index >= 15 is 0 Å². The quantitative estimate of drug-likeness (QED) is 0.170. The average molecular weight is 480 g/mol. The molecular formula is C25H29N5O5. The van der Waals surface area contributed by atoms with Crippen LogP contribution in [-0.4, -0.2) is 30.4 Å². The molecule has 3 rings (SSSR count). The predicted octanol–water partition coefficient (Wildman–Crippen LogP) is 3.36. The van der Waals surface area contributed by atoms with Crippen molar-refractivity contribution in [1.82, 2.24) is 10.9 Å². The largest absolute Gasteiger partial charge is 0.490 e. The van der Waals surface area contributed by atoms with Gasteiger partial charge in [-0.05, 0) is 74.9 Å². The number of carbonyl (C=O) groups excluding carboxylic acids is 2. The summed E-state index contributed by atoms with van der Waals surface area (Å²) in [4.78, 5) is 25.4. The van der Waals surface area contributed by atoms with Crippen LogP contribution in [0.5, 0.6) is 11.5 Å². The Hall–Kier alpha value is -4.47. The van der Waals surface area contributed by atoms with Crippen molar-refractivity contribution in [3.05, 3.63) is 77.7 Å². The molecule has 2 aromatic carbocycles. The molecule has 35 heavy (non-hydrogen) atoms. The Morgan fingerprint density at radius 1 is 1.06 bits per heavy atom. The van der Waals surface area contributed by atoms with Crippen LogP contribution in [0.15, 0.2) is 65.3 Å². The minimum atomic E-state index is -0.914. The maximum absolute atomic E-state index is 13.2. The number of nitrogens with one attached hydrogen (secondary N) is 4. The standard InChI is InChI=1S/C25H29N5O5/c1-4-33-21-14-17(9-12-19(21)35-15(2)3)22(28-18-10-7-16(8-11-18)23(26)27)25(32)30-29-24(31)20-6-5-13-34-20/h5-15,22,28H,4H2,1-3H3,(H3,26,27)(H,29,31)(H,30,32). The summed E-state index contributed by atoms with van der Waals surface area (Å²) in [7, 11) is 0. The van der Waals surface area contributed by atoms with E-state index in [1.165, 1.54) is 12.3 Å². The van der Waals surface area contributed by atoms with Crippen molar-refractivity contribution in [1.29, 1.82) is 5.41 Å². The zero-order chi connectivity index (χ0) is 25.4. The number of hydrogen-bond donors (Lipinski definition) is 5. The summed E-state index contributed by atoms with van der Waals surface area (Å²) in [5, 5.41) is 10.7. The highest BCUT2D eigenvalue weighted by Crippen LogP contribution is 2.32. The molecule has 0 saturated heterocycles. The lowest BCUT2D eigenvalue weighted by Gasteiger charge is -2.22. The summed E-state index contributed by atoms with van der Waals surface area (Å²) in [6, 6.07) is 14.1. The van der Waals surface area contributed by atoms with E-state index in [-0.39, 0.29) is 17.7 Å². The molecule has 0 radical (unpaired) electrons. The van der Waals surface area contributed by atoms with Crippen LogP contribution in [-0.2, 0) is 4.79 Å². The summed E-state index contributed by atoms with van der Waals surface area (Å²) in [6.45, 7) is 6.09. The molecule has 0 aliphatic rings. The summed E-state index contributed by atoms with van der Waals surface area (Å²) in [5.74, 6) is -0.0762. The number of benzene rings is 2. The topological polar surface area (TPSA) is 152 Å². The number of nitrogens with two attached hydrogens (primary N) is 1. The Labute approximate surface area is 203 Å². The first kappa shape index (κ1) is 25.2. The van der Waals surface area contributed by atoms with E-state index in [1.807, 2.05) is 20.8 Å². The second-order valence-electron chi connectivity index (χ2n) is 7.79. The molecule has 0 saturated carbocycles. The van der Waals surface area contributed by atoms with Gasteiger partial charge in [-0.3, -0.25) is 25.8 Å². The molecule has 2 amide bonds. The van der Waals surface area contributed by atoms with Crippen molar-refractivity contribution in [3.63, 3.8) is 0 Å². The van der Waals surface area contributed by atoms with Gasteiger partial charge in [0.1, 0.15) is 11.9 Å². The highest BCUT2D eigenvalue weighted by molar-refractivity contribution is 5.96. The van der Waals surface area contributed by atoms with Crippen molar-refractivity contribution in [3.8, 4) is 11.5 Å². The third-order valence-electron chi connectivity index (χ3n) is 4.78. The number of hydrogen-bond acceptors (Lipinski definition) is 7. The van der Waals surface area contributed by atoms with Gasteiger partial charge in [0.05, 0.1) is 19.0 Å². The molecule has 10 nitrogen and oxygen atoms in total. The van der Waals surface area contributed by atoms with E-state index in [2.05, 4.69) is 16.2 Å². The van der Waals surface area contributed by atoms with E-state index in [1.54, 1.807) is 48.5 Å². The van der Waals surface area contributed by atoms with Gasteiger partial charge in [0.2, 0.25) is 0 Å². The Morgan fingerprint density at radius 3 is 2.40 bits per heavy atom. The summed E-state index contributed by atoms with van der Waals surface area (Å²) >= 11 is 0. The molecule has 0 spiro atoms. The van der Waals surface area contributed by atoms with Gasteiger partial charge in [-0.2, -0.15) is 0 Å². The number of anilines is 1. The number of amidine groups is 1. The lowest BCUT2D eigenvalue weighted by Crippen LogP contribution is -2.45. The molecule has 1 heterocycles. The third kappa shape index (κ3) is 6.76. The van der Waals surface area contributed by atoms with Crippen LogP contribution in [0.25, 0.3) is 0 Å². The highest BCUT2D eigenvalue weighted by Gasteiger charge is 2.24. The Balaban J connectivity index is 1.88. The molecule has 1 unspecified atom stereocenters. The van der Waals surface area contributed by atoms with Crippen molar-refractivity contribution in [2.24, 2.45) is 5.73 Å².